The molecule has 0 saturated heterocycles. The summed E-state index contributed by atoms with van der Waals surface area (Å²) < 4.78 is 1.68. The van der Waals surface area contributed by atoms with Crippen molar-refractivity contribution in [2.75, 3.05) is 5.75 Å². The third-order valence-electron chi connectivity index (χ3n) is 2.46. The lowest BCUT2D eigenvalue weighted by Gasteiger charge is -2.12. The van der Waals surface area contributed by atoms with Crippen LogP contribution in [0.2, 0.25) is 5.02 Å². The van der Waals surface area contributed by atoms with Gasteiger partial charge in [-0.2, -0.15) is 16.9 Å². The van der Waals surface area contributed by atoms with E-state index in [9.17, 15) is 9.59 Å². The number of hydrogen-bond donors (Lipinski definition) is 2. The molecule has 1 heterocycles. The minimum atomic E-state index is -1.05. The lowest BCUT2D eigenvalue weighted by atomic mass is 10.3. The van der Waals surface area contributed by atoms with Crippen LogP contribution in [0.3, 0.4) is 0 Å². The number of hydrogen-bond acceptors (Lipinski definition) is 4. The number of nitrogens with zero attached hydrogens (tertiary/aromatic N) is 2. The van der Waals surface area contributed by atoms with Gasteiger partial charge in [0.1, 0.15) is 6.04 Å². The first kappa shape index (κ1) is 15.8. The van der Waals surface area contributed by atoms with Crippen LogP contribution in [0.25, 0.3) is 0 Å². The number of halogens is 1. The summed E-state index contributed by atoms with van der Waals surface area (Å²) in [6.45, 7) is 3.11. The number of nitrogens with one attached hydrogen (secondary N) is 1. The Labute approximate surface area is 120 Å². The number of aryl methyl sites for hydroxylation is 2. The minimum absolute atomic E-state index is 0.273. The van der Waals surface area contributed by atoms with Crippen LogP contribution in [-0.2, 0) is 22.4 Å². The highest BCUT2D eigenvalue weighted by Crippen LogP contribution is 2.24. The van der Waals surface area contributed by atoms with Gasteiger partial charge in [-0.15, -0.1) is 0 Å². The van der Waals surface area contributed by atoms with Gasteiger partial charge >= 0.3 is 5.97 Å². The first-order chi connectivity index (χ1) is 8.82. The Kier molecular flexibility index (Phi) is 5.68. The third-order valence-corrected chi connectivity index (χ3v) is 4.00. The fraction of sp³-hybridized carbons (Fsp3) is 0.545. The van der Waals surface area contributed by atoms with Gasteiger partial charge in [0.25, 0.3) is 0 Å². The smallest absolute Gasteiger partial charge is 0.327 e. The molecule has 2 N–H and O–H groups in total. The second-order valence-corrected chi connectivity index (χ2v) is 5.48. The standard InChI is InChI=1S/C11H16ClN3O3S/c1-6-10(12)9(15(3)14-6)5-19-4-8(11(17)18)13-7(2)16/h8H,4-5H2,1-3H3,(H,13,16)(H,17,18). The van der Waals surface area contributed by atoms with Gasteiger partial charge in [-0.25, -0.2) is 4.79 Å². The van der Waals surface area contributed by atoms with Gasteiger partial charge in [0.15, 0.2) is 0 Å². The van der Waals surface area contributed by atoms with E-state index in [1.165, 1.54) is 18.7 Å². The summed E-state index contributed by atoms with van der Waals surface area (Å²) in [5.74, 6) is -0.591. The maximum absolute atomic E-state index is 10.9. The molecule has 1 rings (SSSR count). The highest BCUT2D eigenvalue weighted by Gasteiger charge is 2.19. The number of rotatable bonds is 6. The molecule has 0 aliphatic rings. The summed E-state index contributed by atoms with van der Waals surface area (Å²) in [4.78, 5) is 21.8. The van der Waals surface area contributed by atoms with Crippen molar-refractivity contribution in [2.24, 2.45) is 7.05 Å². The Bertz CT molecular complexity index is 490. The van der Waals surface area contributed by atoms with Crippen molar-refractivity contribution >= 4 is 35.2 Å². The van der Waals surface area contributed by atoms with Gasteiger partial charge < -0.3 is 10.4 Å². The molecular formula is C11H16ClN3O3S. The highest BCUT2D eigenvalue weighted by molar-refractivity contribution is 7.98. The molecular weight excluding hydrogens is 290 g/mol. The number of carboxylic acid groups (broad SMARTS) is 1. The molecule has 0 spiro atoms. The maximum atomic E-state index is 10.9. The molecule has 106 valence electrons. The van der Waals surface area contributed by atoms with Crippen molar-refractivity contribution in [3.8, 4) is 0 Å². The predicted molar refractivity (Wildman–Crippen MR) is 74.4 cm³/mol. The number of carbonyl (C=O) groups excluding carboxylic acids is 1. The average molecular weight is 306 g/mol. The van der Waals surface area contributed by atoms with Crippen molar-refractivity contribution in [3.05, 3.63) is 16.4 Å². The monoisotopic (exact) mass is 305 g/mol. The van der Waals surface area contributed by atoms with E-state index in [2.05, 4.69) is 10.4 Å². The van der Waals surface area contributed by atoms with E-state index >= 15 is 0 Å². The lowest BCUT2D eigenvalue weighted by Crippen LogP contribution is -2.41. The van der Waals surface area contributed by atoms with Gasteiger partial charge in [0.05, 0.1) is 16.4 Å². The summed E-state index contributed by atoms with van der Waals surface area (Å²) in [6, 6.07) is -0.893. The SMILES string of the molecule is CC(=O)NC(CSCc1c(Cl)c(C)nn1C)C(=O)O. The van der Waals surface area contributed by atoms with Crippen LogP contribution < -0.4 is 5.32 Å². The summed E-state index contributed by atoms with van der Waals surface area (Å²) in [5.41, 5.74) is 1.59. The van der Waals surface area contributed by atoms with Gasteiger partial charge in [0, 0.05) is 25.5 Å². The first-order valence-electron chi connectivity index (χ1n) is 5.58. The van der Waals surface area contributed by atoms with Gasteiger partial charge in [-0.1, -0.05) is 11.6 Å². The van der Waals surface area contributed by atoms with E-state index in [-0.39, 0.29) is 11.7 Å². The van der Waals surface area contributed by atoms with E-state index in [0.29, 0.717) is 10.8 Å². The second-order valence-electron chi connectivity index (χ2n) is 4.08. The largest absolute Gasteiger partial charge is 0.480 e. The van der Waals surface area contributed by atoms with Crippen LogP contribution in [0.4, 0.5) is 0 Å². The van der Waals surface area contributed by atoms with Crippen molar-refractivity contribution in [1.29, 1.82) is 0 Å². The maximum Gasteiger partial charge on any atom is 0.327 e. The third kappa shape index (κ3) is 4.43. The van der Waals surface area contributed by atoms with Crippen LogP contribution in [0, 0.1) is 6.92 Å². The van der Waals surface area contributed by atoms with Crippen molar-refractivity contribution in [1.82, 2.24) is 15.1 Å². The van der Waals surface area contributed by atoms with Crippen LogP contribution >= 0.6 is 23.4 Å². The van der Waals surface area contributed by atoms with Crippen molar-refractivity contribution < 1.29 is 14.7 Å². The summed E-state index contributed by atoms with van der Waals surface area (Å²) >= 11 is 7.48. The molecule has 0 bridgehead atoms. The molecule has 0 saturated carbocycles. The molecule has 19 heavy (non-hydrogen) atoms. The van der Waals surface area contributed by atoms with E-state index in [1.54, 1.807) is 11.7 Å². The average Bonchev–Trinajstić information content (AvgIpc) is 2.53. The molecule has 1 atom stereocenters. The molecule has 0 radical (unpaired) electrons. The van der Waals surface area contributed by atoms with Crippen molar-refractivity contribution in [3.63, 3.8) is 0 Å². The normalized spacial score (nSPS) is 12.2. The van der Waals surface area contributed by atoms with Crippen LogP contribution in [0.15, 0.2) is 0 Å². The Morgan fingerprint density at radius 3 is 2.63 bits per heavy atom. The Balaban J connectivity index is 2.57. The molecule has 0 fully saturated rings. The fourth-order valence-corrected chi connectivity index (χ4v) is 2.94. The van der Waals surface area contributed by atoms with E-state index in [4.69, 9.17) is 16.7 Å². The number of aliphatic carboxylic acids is 1. The van der Waals surface area contributed by atoms with E-state index < -0.39 is 12.0 Å². The molecule has 0 aromatic carbocycles. The van der Waals surface area contributed by atoms with Gasteiger partial charge in [0.2, 0.25) is 5.91 Å². The van der Waals surface area contributed by atoms with Crippen LogP contribution in [0.1, 0.15) is 18.3 Å². The molecule has 1 amide bonds. The summed E-state index contributed by atoms with van der Waals surface area (Å²) in [5, 5.41) is 16.1. The second kappa shape index (κ2) is 6.81. The summed E-state index contributed by atoms with van der Waals surface area (Å²) in [7, 11) is 1.79. The van der Waals surface area contributed by atoms with Crippen LogP contribution in [0.5, 0.6) is 0 Å². The molecule has 1 aromatic heterocycles. The zero-order chi connectivity index (χ0) is 14.6. The minimum Gasteiger partial charge on any atom is -0.480 e. The lowest BCUT2D eigenvalue weighted by molar-refractivity contribution is -0.140. The fourth-order valence-electron chi connectivity index (χ4n) is 1.53. The first-order valence-corrected chi connectivity index (χ1v) is 7.11. The number of thioether (sulfide) groups is 1. The zero-order valence-corrected chi connectivity index (χ0v) is 12.5. The number of amides is 1. The van der Waals surface area contributed by atoms with Gasteiger partial charge in [-0.05, 0) is 6.92 Å². The molecule has 1 aromatic rings. The Hall–Kier alpha value is -1.21. The van der Waals surface area contributed by atoms with Crippen molar-refractivity contribution in [2.45, 2.75) is 25.6 Å². The Morgan fingerprint density at radius 1 is 1.58 bits per heavy atom. The summed E-state index contributed by atoms with van der Waals surface area (Å²) in [6.07, 6.45) is 0. The highest BCUT2D eigenvalue weighted by atomic mass is 35.5. The van der Waals surface area contributed by atoms with E-state index in [1.807, 2.05) is 6.92 Å². The van der Waals surface area contributed by atoms with Gasteiger partial charge in [-0.3, -0.25) is 9.48 Å². The topological polar surface area (TPSA) is 84.2 Å². The van der Waals surface area contributed by atoms with E-state index in [0.717, 1.165) is 11.4 Å². The molecule has 1 unspecified atom stereocenters. The Morgan fingerprint density at radius 2 is 2.21 bits per heavy atom. The number of aromatic nitrogens is 2. The zero-order valence-electron chi connectivity index (χ0n) is 10.9. The molecule has 0 aliphatic carbocycles. The quantitative estimate of drug-likeness (QED) is 0.825. The predicted octanol–water partition coefficient (Wildman–Crippen LogP) is 1.20. The van der Waals surface area contributed by atoms with Crippen LogP contribution in [-0.4, -0.2) is 38.6 Å². The molecule has 8 heteroatoms. The number of carboxylic acids is 1. The molecule has 6 nitrogen and oxygen atoms in total. The number of carbonyl (C=O) groups is 2. The molecule has 0 aliphatic heterocycles.